The Morgan fingerprint density at radius 2 is 1.79 bits per heavy atom. The number of nitrogens with zero attached hydrogens (tertiary/aromatic N) is 3. The Labute approximate surface area is 314 Å². The van der Waals surface area contributed by atoms with Crippen molar-refractivity contribution in [2.75, 3.05) is 26.7 Å². The molecule has 3 heterocycles. The van der Waals surface area contributed by atoms with E-state index in [0.29, 0.717) is 25.8 Å². The number of carbonyl (C=O) groups is 5. The second-order valence-electron chi connectivity index (χ2n) is 16.2. The molecule has 0 aromatic carbocycles. The fourth-order valence-electron chi connectivity index (χ4n) is 7.58. The van der Waals surface area contributed by atoms with E-state index in [-0.39, 0.29) is 47.7 Å². The van der Waals surface area contributed by atoms with Gasteiger partial charge in [0.15, 0.2) is 5.03 Å². The molecule has 5 amide bonds. The molecule has 4 N–H and O–H groups in total. The fourth-order valence-corrected chi connectivity index (χ4v) is 8.68. The summed E-state index contributed by atoms with van der Waals surface area (Å²) < 4.78 is 27.7. The predicted molar refractivity (Wildman–Crippen MR) is 201 cm³/mol. The average molecular weight is 758 g/mol. The lowest BCUT2D eigenvalue weighted by Gasteiger charge is -2.35. The molecule has 0 radical (unpaired) electrons. The van der Waals surface area contributed by atoms with E-state index in [4.69, 9.17) is 0 Å². The summed E-state index contributed by atoms with van der Waals surface area (Å²) in [5.74, 6) is -2.44. The van der Waals surface area contributed by atoms with Crippen LogP contribution in [-0.4, -0.2) is 103 Å². The molecule has 14 nitrogen and oxygen atoms in total. The van der Waals surface area contributed by atoms with Crippen molar-refractivity contribution in [1.82, 2.24) is 35.5 Å². The Hall–Kier alpha value is -3.85. The van der Waals surface area contributed by atoms with Gasteiger partial charge in [-0.2, -0.15) is 4.31 Å². The number of urea groups is 1. The fraction of sp³-hybridized carbons (Fsp3) is 0.684. The summed E-state index contributed by atoms with van der Waals surface area (Å²) >= 11 is 0. The van der Waals surface area contributed by atoms with Crippen LogP contribution in [-0.2, 0) is 29.2 Å². The van der Waals surface area contributed by atoms with Crippen LogP contribution >= 0.6 is 0 Å². The van der Waals surface area contributed by atoms with E-state index in [1.807, 2.05) is 34.6 Å². The number of likely N-dealkylation sites (N-methyl/N-ethyl adjacent to an activating group) is 1. The van der Waals surface area contributed by atoms with Crippen LogP contribution in [0.25, 0.3) is 0 Å². The van der Waals surface area contributed by atoms with E-state index in [1.165, 1.54) is 25.4 Å². The molecule has 15 heteroatoms. The molecule has 3 aliphatic rings. The molecule has 1 aliphatic carbocycles. The molecule has 3 unspecified atom stereocenters. The van der Waals surface area contributed by atoms with Crippen LogP contribution < -0.4 is 21.3 Å². The van der Waals surface area contributed by atoms with Crippen LogP contribution in [0.3, 0.4) is 0 Å². The molecule has 0 bridgehead atoms. The summed E-state index contributed by atoms with van der Waals surface area (Å²) in [6.45, 7) is 13.6. The minimum absolute atomic E-state index is 0.0333. The van der Waals surface area contributed by atoms with Crippen molar-refractivity contribution < 1.29 is 32.4 Å². The molecule has 1 aromatic heterocycles. The van der Waals surface area contributed by atoms with Crippen molar-refractivity contribution in [2.24, 2.45) is 29.1 Å². The van der Waals surface area contributed by atoms with Crippen molar-refractivity contribution in [3.63, 3.8) is 0 Å². The van der Waals surface area contributed by atoms with E-state index in [2.05, 4.69) is 32.8 Å². The lowest BCUT2D eigenvalue weighted by Crippen LogP contribution is -2.60. The number of nitrogens with one attached hydrogen (secondary N) is 4. The van der Waals surface area contributed by atoms with Crippen LogP contribution in [0.5, 0.6) is 0 Å². The van der Waals surface area contributed by atoms with Gasteiger partial charge in [-0.1, -0.05) is 78.9 Å². The molecular formula is C38H59N7O7S. The zero-order valence-electron chi connectivity index (χ0n) is 32.1. The van der Waals surface area contributed by atoms with E-state index >= 15 is 0 Å². The van der Waals surface area contributed by atoms with Crippen LogP contribution in [0.2, 0.25) is 0 Å². The largest absolute Gasteiger partial charge is 0.346 e. The summed E-state index contributed by atoms with van der Waals surface area (Å²) in [6.07, 6.45) is 8.65. The topological polar surface area (TPSA) is 187 Å². The number of sulfonamides is 1. The van der Waals surface area contributed by atoms with Gasteiger partial charge in [0.2, 0.25) is 17.6 Å². The molecule has 3 fully saturated rings. The molecule has 0 spiro atoms. The maximum Gasteiger partial charge on any atom is 0.315 e. The predicted octanol–water partition coefficient (Wildman–Crippen LogP) is 3.00. The third-order valence-electron chi connectivity index (χ3n) is 11.0. The van der Waals surface area contributed by atoms with Crippen molar-refractivity contribution in [3.05, 3.63) is 37.1 Å². The summed E-state index contributed by atoms with van der Waals surface area (Å²) in [6, 6.07) is 0.548. The number of aromatic nitrogens is 1. The van der Waals surface area contributed by atoms with Gasteiger partial charge in [0.05, 0.1) is 6.04 Å². The lowest BCUT2D eigenvalue weighted by atomic mass is 9.86. The first-order chi connectivity index (χ1) is 25.0. The van der Waals surface area contributed by atoms with Gasteiger partial charge in [-0.05, 0) is 60.5 Å². The smallest absolute Gasteiger partial charge is 0.315 e. The highest BCUT2D eigenvalue weighted by Gasteiger charge is 2.52. The Morgan fingerprint density at radius 1 is 1.09 bits per heavy atom. The van der Waals surface area contributed by atoms with Crippen LogP contribution in [0, 0.1) is 29.1 Å². The van der Waals surface area contributed by atoms with E-state index in [9.17, 15) is 32.4 Å². The van der Waals surface area contributed by atoms with Gasteiger partial charge in [-0.25, -0.2) is 18.2 Å². The highest BCUT2D eigenvalue weighted by Crippen LogP contribution is 2.46. The van der Waals surface area contributed by atoms with Crippen molar-refractivity contribution >= 4 is 39.6 Å². The number of Topliss-reactive ketones (excluding diaryl/α,β-unsaturated/α-hetero) is 1. The molecule has 294 valence electrons. The maximum absolute atomic E-state index is 14.6. The highest BCUT2D eigenvalue weighted by atomic mass is 32.2. The molecule has 1 aromatic rings. The Kier molecular flexibility index (Phi) is 14.2. The second-order valence-corrected chi connectivity index (χ2v) is 18.2. The number of ketones is 1. The zero-order valence-corrected chi connectivity index (χ0v) is 32.9. The van der Waals surface area contributed by atoms with Gasteiger partial charge < -0.3 is 26.2 Å². The van der Waals surface area contributed by atoms with E-state index in [0.717, 1.165) is 36.4 Å². The molecule has 2 saturated heterocycles. The summed E-state index contributed by atoms with van der Waals surface area (Å²) in [7, 11) is -2.50. The Morgan fingerprint density at radius 3 is 2.42 bits per heavy atom. The number of carbonyl (C=O) groups excluding carboxylic acids is 5. The van der Waals surface area contributed by atoms with Crippen LogP contribution in [0.4, 0.5) is 4.79 Å². The first kappa shape index (κ1) is 41.9. The van der Waals surface area contributed by atoms with Gasteiger partial charge in [-0.15, -0.1) is 6.58 Å². The first-order valence-electron chi connectivity index (χ1n) is 19.0. The highest BCUT2D eigenvalue weighted by molar-refractivity contribution is 7.89. The SMILES string of the molecule is C=CCNC(=O)C(=O)[C@@H]1CCCCCCC2CC2[C@H](NC(=O)N[C@H](CN(C)S(=O)(=O)c2ccccn2)C(C)(C)C)C(=O)N2CCC(C(C)C)[C@H]2C(=O)N1. The number of pyridine rings is 1. The summed E-state index contributed by atoms with van der Waals surface area (Å²) in [4.78, 5) is 74.1. The van der Waals surface area contributed by atoms with Gasteiger partial charge in [0.1, 0.15) is 12.1 Å². The van der Waals surface area contributed by atoms with E-state index in [1.54, 1.807) is 17.0 Å². The van der Waals surface area contributed by atoms with Crippen LogP contribution in [0.1, 0.15) is 86.0 Å². The number of hydrogen-bond donors (Lipinski definition) is 4. The average Bonchev–Trinajstić information content (AvgIpc) is 3.73. The molecule has 4 rings (SSSR count). The zero-order chi connectivity index (χ0) is 39.1. The maximum atomic E-state index is 14.6. The van der Waals surface area contributed by atoms with Crippen LogP contribution in [0.15, 0.2) is 42.1 Å². The quantitative estimate of drug-likeness (QED) is 0.196. The third-order valence-corrected chi connectivity index (χ3v) is 12.7. The van der Waals surface area contributed by atoms with E-state index < -0.39 is 63.2 Å². The summed E-state index contributed by atoms with van der Waals surface area (Å²) in [5.41, 5.74) is -0.571. The third kappa shape index (κ3) is 10.6. The molecule has 7 atom stereocenters. The second kappa shape index (κ2) is 18.0. The lowest BCUT2D eigenvalue weighted by molar-refractivity contribution is -0.144. The Balaban J connectivity index is 1.58. The number of amides is 5. The van der Waals surface area contributed by atoms with Crippen molar-refractivity contribution in [1.29, 1.82) is 0 Å². The van der Waals surface area contributed by atoms with Gasteiger partial charge in [0.25, 0.3) is 15.9 Å². The summed E-state index contributed by atoms with van der Waals surface area (Å²) in [5, 5.41) is 11.2. The number of rotatable bonds is 11. The van der Waals surface area contributed by atoms with Crippen molar-refractivity contribution in [2.45, 2.75) is 115 Å². The van der Waals surface area contributed by atoms with Gasteiger partial charge in [0, 0.05) is 38.9 Å². The molecule has 53 heavy (non-hydrogen) atoms. The monoisotopic (exact) mass is 757 g/mol. The molecule has 1 saturated carbocycles. The minimum atomic E-state index is -3.94. The normalized spacial score (nSPS) is 26.3. The molecular weight excluding hydrogens is 699 g/mol. The number of hydrogen-bond acceptors (Lipinski definition) is 8. The van der Waals surface area contributed by atoms with Gasteiger partial charge >= 0.3 is 6.03 Å². The number of fused-ring (bicyclic) bond motifs is 2. The molecule has 2 aliphatic heterocycles. The minimum Gasteiger partial charge on any atom is -0.346 e. The van der Waals surface area contributed by atoms with Crippen molar-refractivity contribution in [3.8, 4) is 0 Å². The Bertz CT molecular complexity index is 1600. The first-order valence-corrected chi connectivity index (χ1v) is 20.4. The van der Waals surface area contributed by atoms with Gasteiger partial charge in [-0.3, -0.25) is 19.2 Å². The standard InChI is InChI=1S/C38H59N7O7S/c1-8-19-40-35(48)33(46)28-16-12-10-9-11-15-25-22-27(25)31(36(49)45-21-18-26(24(2)3)32(45)34(47)41-28)43-37(50)42-29(38(4,5)6)23-44(7)53(51,52)30-17-13-14-20-39-30/h8,13-14,17,20,24-29,31-32H,1,9-12,15-16,18-19,21-23H2,2-7H3,(H,40,48)(H,41,47)(H2,42,43,50)/t25?,26?,27?,28-,29+,31-,32-/m0/s1.